The zero-order chi connectivity index (χ0) is 21.3. The fourth-order valence-corrected chi connectivity index (χ4v) is 3.24. The van der Waals surface area contributed by atoms with Gasteiger partial charge >= 0.3 is 6.09 Å². The van der Waals surface area contributed by atoms with Crippen LogP contribution in [-0.2, 0) is 19.9 Å². The van der Waals surface area contributed by atoms with Crippen LogP contribution in [0.4, 0.5) is 4.79 Å². The van der Waals surface area contributed by atoms with E-state index >= 15 is 0 Å². The summed E-state index contributed by atoms with van der Waals surface area (Å²) in [6.45, 7) is 6.61. The van der Waals surface area contributed by atoms with Crippen LogP contribution in [0.25, 0.3) is 0 Å². The van der Waals surface area contributed by atoms with Gasteiger partial charge in [0.15, 0.2) is 0 Å². The second kappa shape index (κ2) is 8.08. The van der Waals surface area contributed by atoms with Crippen LogP contribution < -0.4 is 11.1 Å². The number of halogens is 1. The van der Waals surface area contributed by atoms with E-state index in [9.17, 15) is 19.5 Å². The van der Waals surface area contributed by atoms with E-state index in [1.165, 1.54) is 11.8 Å². The molecule has 0 radical (unpaired) electrons. The Hall–Kier alpha value is -2.13. The van der Waals surface area contributed by atoms with Gasteiger partial charge in [-0.15, -0.1) is 0 Å². The van der Waals surface area contributed by atoms with Crippen molar-refractivity contribution >= 4 is 33.8 Å². The first kappa shape index (κ1) is 22.2. The third-order valence-electron chi connectivity index (χ3n) is 4.50. The lowest BCUT2D eigenvalue weighted by Crippen LogP contribution is -2.57. The van der Waals surface area contributed by atoms with Gasteiger partial charge in [-0.2, -0.15) is 0 Å². The fourth-order valence-electron chi connectivity index (χ4n) is 2.97. The zero-order valence-electron chi connectivity index (χ0n) is 16.4. The highest BCUT2D eigenvalue weighted by Crippen LogP contribution is 2.26. The molecule has 1 aliphatic heterocycles. The first-order chi connectivity index (χ1) is 12.8. The van der Waals surface area contributed by atoms with Crippen molar-refractivity contribution in [1.29, 1.82) is 0 Å². The monoisotopic (exact) mass is 455 g/mol. The Morgan fingerprint density at radius 1 is 1.21 bits per heavy atom. The van der Waals surface area contributed by atoms with Gasteiger partial charge in [0, 0.05) is 10.9 Å². The lowest BCUT2D eigenvalue weighted by atomic mass is 9.90. The number of benzene rings is 1. The summed E-state index contributed by atoms with van der Waals surface area (Å²) >= 11 is 3.32. The maximum atomic E-state index is 12.9. The molecule has 1 aromatic rings. The average Bonchev–Trinajstić information content (AvgIpc) is 2.96. The first-order valence-electron chi connectivity index (χ1n) is 8.89. The Kier molecular flexibility index (Phi) is 6.40. The van der Waals surface area contributed by atoms with E-state index < -0.39 is 41.2 Å². The first-order valence-corrected chi connectivity index (χ1v) is 9.68. The number of rotatable bonds is 4. The normalized spacial score (nSPS) is 21.7. The van der Waals surface area contributed by atoms with Crippen LogP contribution in [-0.4, -0.2) is 52.2 Å². The number of amides is 3. The van der Waals surface area contributed by atoms with Gasteiger partial charge in [-0.1, -0.05) is 28.1 Å². The van der Waals surface area contributed by atoms with E-state index in [0.717, 1.165) is 4.47 Å². The molecule has 4 N–H and O–H groups in total. The molecule has 3 atom stereocenters. The van der Waals surface area contributed by atoms with Crippen LogP contribution in [0, 0.1) is 0 Å². The minimum atomic E-state index is -1.48. The van der Waals surface area contributed by atoms with E-state index in [0.29, 0.717) is 5.56 Å². The van der Waals surface area contributed by atoms with Crippen molar-refractivity contribution in [2.24, 2.45) is 5.73 Å². The molecule has 0 aliphatic carbocycles. The summed E-state index contributed by atoms with van der Waals surface area (Å²) in [5, 5.41) is 12.6. The molecule has 0 saturated carbocycles. The number of nitrogens with zero attached hydrogens (tertiary/aromatic N) is 1. The highest BCUT2D eigenvalue weighted by Gasteiger charge is 2.44. The number of primary amides is 1. The van der Waals surface area contributed by atoms with Crippen LogP contribution >= 0.6 is 15.9 Å². The summed E-state index contributed by atoms with van der Waals surface area (Å²) < 4.78 is 6.13. The molecule has 1 fully saturated rings. The molecule has 3 amide bonds. The number of hydrogen-bond donors (Lipinski definition) is 3. The van der Waals surface area contributed by atoms with Crippen LogP contribution in [0.1, 0.15) is 39.7 Å². The smallest absolute Gasteiger partial charge is 0.411 e. The molecule has 1 aromatic carbocycles. The highest BCUT2D eigenvalue weighted by molar-refractivity contribution is 9.10. The number of aliphatic hydroxyl groups is 1. The Morgan fingerprint density at radius 2 is 1.79 bits per heavy atom. The Morgan fingerprint density at radius 3 is 2.29 bits per heavy atom. The molecular formula is C19H26BrN3O5. The Labute approximate surface area is 172 Å². The lowest BCUT2D eigenvalue weighted by Gasteiger charge is -2.32. The van der Waals surface area contributed by atoms with Gasteiger partial charge in [0.25, 0.3) is 0 Å². The van der Waals surface area contributed by atoms with Crippen molar-refractivity contribution in [1.82, 2.24) is 10.2 Å². The van der Waals surface area contributed by atoms with Gasteiger partial charge in [0.2, 0.25) is 11.8 Å². The summed E-state index contributed by atoms with van der Waals surface area (Å²) in [5.41, 5.74) is 3.85. The molecule has 1 aliphatic rings. The van der Waals surface area contributed by atoms with Gasteiger partial charge in [-0.3, -0.25) is 14.5 Å². The number of β-amino-alcohol motifs (C(OH)–C–C–N with tert-alkyl or cyclic N) is 1. The SMILES string of the molecule is CC(C)(C)OC(=O)N1C[C@H](O)C[C@@H]1C(=O)NC(C)(C(N)=O)c1ccc(Br)cc1. The zero-order valence-corrected chi connectivity index (χ0v) is 17.9. The Balaban J connectivity index is 2.25. The van der Waals surface area contributed by atoms with E-state index in [-0.39, 0.29) is 13.0 Å². The van der Waals surface area contributed by atoms with Crippen LogP contribution in [0.5, 0.6) is 0 Å². The van der Waals surface area contributed by atoms with Gasteiger partial charge in [-0.25, -0.2) is 4.79 Å². The molecule has 1 heterocycles. The molecule has 1 unspecified atom stereocenters. The number of likely N-dealkylation sites (tertiary alicyclic amines) is 1. The quantitative estimate of drug-likeness (QED) is 0.636. The van der Waals surface area contributed by atoms with Crippen molar-refractivity contribution in [3.05, 3.63) is 34.3 Å². The maximum Gasteiger partial charge on any atom is 0.411 e. The molecule has 9 heteroatoms. The molecule has 28 heavy (non-hydrogen) atoms. The summed E-state index contributed by atoms with van der Waals surface area (Å²) in [7, 11) is 0. The minimum absolute atomic E-state index is 0.0292. The molecule has 0 bridgehead atoms. The Bertz CT molecular complexity index is 762. The van der Waals surface area contributed by atoms with Gasteiger partial charge in [0.05, 0.1) is 12.6 Å². The number of nitrogens with two attached hydrogens (primary N) is 1. The van der Waals surface area contributed by atoms with Crippen LogP contribution in [0.2, 0.25) is 0 Å². The predicted octanol–water partition coefficient (Wildman–Crippen LogP) is 1.64. The van der Waals surface area contributed by atoms with Crippen molar-refractivity contribution in [2.75, 3.05) is 6.54 Å². The number of ether oxygens (including phenoxy) is 1. The average molecular weight is 456 g/mol. The minimum Gasteiger partial charge on any atom is -0.444 e. The third-order valence-corrected chi connectivity index (χ3v) is 5.03. The van der Waals surface area contributed by atoms with Gasteiger partial charge in [-0.05, 0) is 45.4 Å². The molecular weight excluding hydrogens is 430 g/mol. The lowest BCUT2D eigenvalue weighted by molar-refractivity contribution is -0.133. The topological polar surface area (TPSA) is 122 Å². The number of aliphatic hydroxyl groups excluding tert-OH is 1. The number of carbonyl (C=O) groups is 3. The third kappa shape index (κ3) is 5.02. The van der Waals surface area contributed by atoms with Crippen molar-refractivity contribution in [2.45, 2.75) is 57.4 Å². The van der Waals surface area contributed by atoms with E-state index in [4.69, 9.17) is 10.5 Å². The summed E-state index contributed by atoms with van der Waals surface area (Å²) in [4.78, 5) is 38.7. The summed E-state index contributed by atoms with van der Waals surface area (Å²) in [5.74, 6) is -1.34. The van der Waals surface area contributed by atoms with E-state index in [1.54, 1.807) is 45.0 Å². The maximum absolute atomic E-state index is 12.9. The summed E-state index contributed by atoms with van der Waals surface area (Å²) in [6.07, 6.45) is -1.52. The number of hydrogen-bond acceptors (Lipinski definition) is 5. The van der Waals surface area contributed by atoms with Crippen LogP contribution in [0.15, 0.2) is 28.7 Å². The van der Waals surface area contributed by atoms with Crippen LogP contribution in [0.3, 0.4) is 0 Å². The molecule has 0 aromatic heterocycles. The molecule has 154 valence electrons. The van der Waals surface area contributed by atoms with E-state index in [2.05, 4.69) is 21.2 Å². The van der Waals surface area contributed by atoms with Gasteiger partial charge < -0.3 is 20.9 Å². The van der Waals surface area contributed by atoms with Crippen molar-refractivity contribution in [3.63, 3.8) is 0 Å². The van der Waals surface area contributed by atoms with Gasteiger partial charge in [0.1, 0.15) is 17.2 Å². The molecule has 1 saturated heterocycles. The molecule has 0 spiro atoms. The predicted molar refractivity (Wildman–Crippen MR) is 106 cm³/mol. The largest absolute Gasteiger partial charge is 0.444 e. The number of nitrogens with one attached hydrogen (secondary N) is 1. The number of carbonyl (C=O) groups excluding carboxylic acids is 3. The van der Waals surface area contributed by atoms with E-state index in [1.807, 2.05) is 0 Å². The second-order valence-corrected chi connectivity index (χ2v) is 8.94. The molecule has 2 rings (SSSR count). The highest BCUT2D eigenvalue weighted by atomic mass is 79.9. The second-order valence-electron chi connectivity index (χ2n) is 8.02. The van der Waals surface area contributed by atoms with Crippen molar-refractivity contribution < 1.29 is 24.2 Å². The van der Waals surface area contributed by atoms with Crippen molar-refractivity contribution in [3.8, 4) is 0 Å². The molecule has 8 nitrogen and oxygen atoms in total. The standard InChI is InChI=1S/C19H26BrN3O5/c1-18(2,3)28-17(27)23-10-13(24)9-14(23)15(25)22-19(4,16(21)26)11-5-7-12(20)8-6-11/h5-8,13-14,24H,9-10H2,1-4H3,(H2,21,26)(H,22,25)/t13-,14-,19?/m1/s1. The fraction of sp³-hybridized carbons (Fsp3) is 0.526. The summed E-state index contributed by atoms with van der Waals surface area (Å²) in [6, 6.07) is 5.83.